The van der Waals surface area contributed by atoms with Crippen LogP contribution in [0.3, 0.4) is 0 Å². The molecule has 0 fully saturated rings. The molecule has 32 heavy (non-hydrogen) atoms. The van der Waals surface area contributed by atoms with Crippen molar-refractivity contribution in [3.8, 4) is 0 Å². The van der Waals surface area contributed by atoms with Gasteiger partial charge in [0.25, 0.3) is 0 Å². The standard InChI is InChI=1S/C28H31NO2S/c1-19-13-20(2)15-21(14-19)17-32-18-26(30)29-25-8-6-7-23(16-25)27(31)22-9-11-24(12-10-22)28(3,4)5/h6-16H,17-18H2,1-5H3,(H,29,30). The maximum atomic E-state index is 12.9. The van der Waals surface area contributed by atoms with Crippen LogP contribution in [0.1, 0.15) is 58.9 Å². The van der Waals surface area contributed by atoms with Crippen LogP contribution in [0.4, 0.5) is 5.69 Å². The van der Waals surface area contributed by atoms with E-state index >= 15 is 0 Å². The van der Waals surface area contributed by atoms with E-state index in [1.807, 2.05) is 30.3 Å². The Bertz CT molecular complexity index is 1090. The predicted molar refractivity (Wildman–Crippen MR) is 136 cm³/mol. The van der Waals surface area contributed by atoms with Gasteiger partial charge in [-0.1, -0.05) is 86.5 Å². The third kappa shape index (κ3) is 6.57. The summed E-state index contributed by atoms with van der Waals surface area (Å²) in [6.07, 6.45) is 0. The summed E-state index contributed by atoms with van der Waals surface area (Å²) in [6, 6.07) is 21.3. The number of ketones is 1. The number of hydrogen-bond donors (Lipinski definition) is 1. The van der Waals surface area contributed by atoms with Crippen molar-refractivity contribution < 1.29 is 9.59 Å². The van der Waals surface area contributed by atoms with Crippen molar-refractivity contribution >= 4 is 29.1 Å². The lowest BCUT2D eigenvalue weighted by Gasteiger charge is -2.19. The molecule has 1 amide bonds. The Labute approximate surface area is 195 Å². The minimum absolute atomic E-state index is 0.0436. The first-order valence-electron chi connectivity index (χ1n) is 10.8. The van der Waals surface area contributed by atoms with E-state index in [0.29, 0.717) is 22.6 Å². The van der Waals surface area contributed by atoms with Gasteiger partial charge >= 0.3 is 0 Å². The molecule has 3 nitrogen and oxygen atoms in total. The molecule has 0 aliphatic carbocycles. The Balaban J connectivity index is 1.59. The predicted octanol–water partition coefficient (Wildman–Crippen LogP) is 6.70. The van der Waals surface area contributed by atoms with Gasteiger partial charge in [0.05, 0.1) is 5.75 Å². The molecule has 0 bridgehead atoms. The van der Waals surface area contributed by atoms with E-state index < -0.39 is 0 Å². The first-order chi connectivity index (χ1) is 15.1. The van der Waals surface area contributed by atoms with Crippen molar-refractivity contribution in [1.82, 2.24) is 0 Å². The van der Waals surface area contributed by atoms with E-state index in [4.69, 9.17) is 0 Å². The van der Waals surface area contributed by atoms with Crippen molar-refractivity contribution in [1.29, 1.82) is 0 Å². The van der Waals surface area contributed by atoms with E-state index in [1.54, 1.807) is 30.0 Å². The van der Waals surface area contributed by atoms with Gasteiger partial charge in [0.2, 0.25) is 5.91 Å². The smallest absolute Gasteiger partial charge is 0.234 e. The Morgan fingerprint density at radius 2 is 1.50 bits per heavy atom. The topological polar surface area (TPSA) is 46.2 Å². The monoisotopic (exact) mass is 445 g/mol. The average molecular weight is 446 g/mol. The largest absolute Gasteiger partial charge is 0.325 e. The molecule has 166 valence electrons. The van der Waals surface area contributed by atoms with E-state index in [9.17, 15) is 9.59 Å². The number of rotatable bonds is 7. The van der Waals surface area contributed by atoms with E-state index in [-0.39, 0.29) is 17.1 Å². The van der Waals surface area contributed by atoms with Crippen LogP contribution >= 0.6 is 11.8 Å². The van der Waals surface area contributed by atoms with Gasteiger partial charge in [-0.15, -0.1) is 11.8 Å². The number of hydrogen-bond acceptors (Lipinski definition) is 3. The molecule has 0 unspecified atom stereocenters. The molecule has 1 N–H and O–H groups in total. The van der Waals surface area contributed by atoms with Crippen LogP contribution in [0.2, 0.25) is 0 Å². The highest BCUT2D eigenvalue weighted by Gasteiger charge is 2.15. The van der Waals surface area contributed by atoms with Crippen molar-refractivity contribution in [3.05, 3.63) is 100 Å². The normalized spacial score (nSPS) is 11.3. The molecule has 3 rings (SSSR count). The van der Waals surface area contributed by atoms with Crippen molar-refractivity contribution in [3.63, 3.8) is 0 Å². The molecule has 0 heterocycles. The van der Waals surface area contributed by atoms with Gasteiger partial charge in [-0.3, -0.25) is 9.59 Å². The zero-order chi connectivity index (χ0) is 23.3. The number of carbonyl (C=O) groups excluding carboxylic acids is 2. The highest BCUT2D eigenvalue weighted by atomic mass is 32.2. The highest BCUT2D eigenvalue weighted by molar-refractivity contribution is 7.99. The maximum absolute atomic E-state index is 12.9. The number of carbonyl (C=O) groups is 2. The Morgan fingerprint density at radius 3 is 2.12 bits per heavy atom. The Morgan fingerprint density at radius 1 is 0.844 bits per heavy atom. The lowest BCUT2D eigenvalue weighted by Crippen LogP contribution is -2.15. The number of aryl methyl sites for hydroxylation is 2. The quantitative estimate of drug-likeness (QED) is 0.411. The van der Waals surface area contributed by atoms with Crippen molar-refractivity contribution in [2.24, 2.45) is 0 Å². The van der Waals surface area contributed by atoms with Crippen LogP contribution in [0.5, 0.6) is 0 Å². The lowest BCUT2D eigenvalue weighted by atomic mass is 9.86. The summed E-state index contributed by atoms with van der Waals surface area (Å²) < 4.78 is 0. The van der Waals surface area contributed by atoms with Gasteiger partial charge in [0, 0.05) is 22.6 Å². The van der Waals surface area contributed by atoms with Crippen LogP contribution in [-0.4, -0.2) is 17.4 Å². The fourth-order valence-electron chi connectivity index (χ4n) is 3.64. The van der Waals surface area contributed by atoms with Crippen LogP contribution in [0.25, 0.3) is 0 Å². The molecule has 0 aliphatic heterocycles. The summed E-state index contributed by atoms with van der Waals surface area (Å²) in [4.78, 5) is 25.3. The summed E-state index contributed by atoms with van der Waals surface area (Å²) in [5.41, 5.74) is 6.78. The SMILES string of the molecule is Cc1cc(C)cc(CSCC(=O)Nc2cccc(C(=O)c3ccc(C(C)(C)C)cc3)c2)c1. The van der Waals surface area contributed by atoms with E-state index in [1.165, 1.54) is 22.3 Å². The van der Waals surface area contributed by atoms with Crippen LogP contribution < -0.4 is 5.32 Å². The van der Waals surface area contributed by atoms with Gasteiger partial charge in [-0.05, 0) is 42.5 Å². The van der Waals surface area contributed by atoms with Gasteiger partial charge < -0.3 is 5.32 Å². The summed E-state index contributed by atoms with van der Waals surface area (Å²) in [5, 5.41) is 2.91. The van der Waals surface area contributed by atoms with E-state index in [0.717, 1.165) is 5.75 Å². The van der Waals surface area contributed by atoms with Crippen LogP contribution in [-0.2, 0) is 16.0 Å². The molecule has 0 radical (unpaired) electrons. The van der Waals surface area contributed by atoms with Crippen molar-refractivity contribution in [2.75, 3.05) is 11.1 Å². The lowest BCUT2D eigenvalue weighted by molar-refractivity contribution is -0.113. The molecular formula is C28H31NO2S. The number of benzene rings is 3. The van der Waals surface area contributed by atoms with Gasteiger partial charge in [0.15, 0.2) is 5.78 Å². The maximum Gasteiger partial charge on any atom is 0.234 e. The third-order valence-electron chi connectivity index (χ3n) is 5.20. The first-order valence-corrected chi connectivity index (χ1v) is 12.0. The summed E-state index contributed by atoms with van der Waals surface area (Å²) in [7, 11) is 0. The second-order valence-corrected chi connectivity index (χ2v) is 10.3. The molecule has 0 saturated heterocycles. The molecule has 4 heteroatoms. The Kier molecular flexibility index (Phi) is 7.57. The van der Waals surface area contributed by atoms with Gasteiger partial charge in [0.1, 0.15) is 0 Å². The second kappa shape index (κ2) is 10.2. The summed E-state index contributed by atoms with van der Waals surface area (Å²) in [6.45, 7) is 10.6. The summed E-state index contributed by atoms with van der Waals surface area (Å²) in [5.74, 6) is 1.03. The van der Waals surface area contributed by atoms with Crippen LogP contribution in [0, 0.1) is 13.8 Å². The van der Waals surface area contributed by atoms with E-state index in [2.05, 4.69) is 58.1 Å². The number of amides is 1. The fourth-order valence-corrected chi connectivity index (χ4v) is 4.40. The molecule has 3 aromatic carbocycles. The minimum Gasteiger partial charge on any atom is -0.325 e. The molecule has 0 aromatic heterocycles. The molecule has 0 aliphatic rings. The first kappa shape index (κ1) is 23.8. The highest BCUT2D eigenvalue weighted by Crippen LogP contribution is 2.23. The second-order valence-electron chi connectivity index (χ2n) is 9.27. The average Bonchev–Trinajstić information content (AvgIpc) is 2.72. The number of nitrogens with one attached hydrogen (secondary N) is 1. The van der Waals surface area contributed by atoms with Gasteiger partial charge in [-0.25, -0.2) is 0 Å². The third-order valence-corrected chi connectivity index (χ3v) is 6.21. The Hall–Kier alpha value is -2.85. The molecule has 0 atom stereocenters. The molecule has 0 spiro atoms. The fraction of sp³-hybridized carbons (Fsp3) is 0.286. The number of anilines is 1. The van der Waals surface area contributed by atoms with Crippen LogP contribution in [0.15, 0.2) is 66.7 Å². The molecule has 3 aromatic rings. The zero-order valence-corrected chi connectivity index (χ0v) is 20.3. The molecular weight excluding hydrogens is 414 g/mol. The molecule has 0 saturated carbocycles. The minimum atomic E-state index is -0.0708. The van der Waals surface area contributed by atoms with Gasteiger partial charge in [-0.2, -0.15) is 0 Å². The summed E-state index contributed by atoms with van der Waals surface area (Å²) >= 11 is 1.58. The van der Waals surface area contributed by atoms with Crippen molar-refractivity contribution in [2.45, 2.75) is 45.8 Å². The number of thioether (sulfide) groups is 1. The zero-order valence-electron chi connectivity index (χ0n) is 19.5.